The van der Waals surface area contributed by atoms with Gasteiger partial charge < -0.3 is 14.3 Å². The van der Waals surface area contributed by atoms with E-state index < -0.39 is 5.79 Å². The minimum Gasteiger partial charge on any atom is -0.344 e. The van der Waals surface area contributed by atoms with Crippen molar-refractivity contribution in [3.8, 4) is 0 Å². The third-order valence-corrected chi connectivity index (χ3v) is 3.67. The Labute approximate surface area is 105 Å². The summed E-state index contributed by atoms with van der Waals surface area (Å²) >= 11 is 0. The van der Waals surface area contributed by atoms with Gasteiger partial charge in [-0.2, -0.15) is 0 Å². The maximum absolute atomic E-state index is 11.0. The number of carbonyl (C=O) groups is 1. The van der Waals surface area contributed by atoms with Crippen LogP contribution in [0.1, 0.15) is 60.8 Å². The van der Waals surface area contributed by atoms with E-state index in [1.165, 1.54) is 0 Å². The Bertz CT molecular complexity index is 283. The predicted octanol–water partition coefficient (Wildman–Crippen LogP) is 3.31. The van der Waals surface area contributed by atoms with Crippen LogP contribution in [0.5, 0.6) is 0 Å². The molecule has 2 atom stereocenters. The number of Topliss-reactive ketones (excluding diaryl/α,β-unsaturated/α-hetero) is 1. The second-order valence-electron chi connectivity index (χ2n) is 6.04. The Morgan fingerprint density at radius 2 is 1.88 bits per heavy atom. The number of carbonyl (C=O) groups excluding carboxylic acids is 1. The van der Waals surface area contributed by atoms with E-state index in [4.69, 9.17) is 9.47 Å². The van der Waals surface area contributed by atoms with Crippen LogP contribution in [-0.4, -0.2) is 23.3 Å². The lowest BCUT2D eigenvalue weighted by Crippen LogP contribution is -2.42. The zero-order chi connectivity index (χ0) is 13.3. The largest absolute Gasteiger partial charge is 0.344 e. The summed E-state index contributed by atoms with van der Waals surface area (Å²) in [6.45, 7) is 12.0. The normalized spacial score (nSPS) is 32.1. The number of rotatable bonds is 5. The van der Waals surface area contributed by atoms with Gasteiger partial charge in [-0.25, -0.2) is 0 Å². The number of ketones is 1. The maximum atomic E-state index is 11.0. The summed E-state index contributed by atoms with van der Waals surface area (Å²) in [5.74, 6) is 0.126. The van der Waals surface area contributed by atoms with E-state index in [9.17, 15) is 4.79 Å². The molecule has 0 spiro atoms. The first-order valence-corrected chi connectivity index (χ1v) is 6.55. The van der Waals surface area contributed by atoms with Crippen LogP contribution < -0.4 is 0 Å². The summed E-state index contributed by atoms with van der Waals surface area (Å²) in [6, 6.07) is 0. The van der Waals surface area contributed by atoms with Crippen molar-refractivity contribution in [1.82, 2.24) is 0 Å². The van der Waals surface area contributed by atoms with Crippen molar-refractivity contribution in [1.29, 1.82) is 0 Å². The molecule has 0 aromatic rings. The second-order valence-corrected chi connectivity index (χ2v) is 6.04. The Balaban J connectivity index is 2.65. The monoisotopic (exact) mass is 242 g/mol. The van der Waals surface area contributed by atoms with E-state index in [0.717, 1.165) is 12.8 Å². The quantitative estimate of drug-likeness (QED) is 0.742. The molecule has 1 heterocycles. The van der Waals surface area contributed by atoms with Gasteiger partial charge in [0.2, 0.25) is 0 Å². The SMILES string of the molecule is CC(=O)CCCC1OC(C)(C)OC1(C)C(C)C. The molecule has 1 rings (SSSR count). The van der Waals surface area contributed by atoms with E-state index >= 15 is 0 Å². The lowest BCUT2D eigenvalue weighted by atomic mass is 9.84. The van der Waals surface area contributed by atoms with Crippen LogP contribution in [0.4, 0.5) is 0 Å². The van der Waals surface area contributed by atoms with Gasteiger partial charge in [-0.05, 0) is 46.5 Å². The molecule has 3 nitrogen and oxygen atoms in total. The highest BCUT2D eigenvalue weighted by Gasteiger charge is 2.51. The Kier molecular flexibility index (Phi) is 4.37. The highest BCUT2D eigenvalue weighted by atomic mass is 16.8. The molecule has 0 aliphatic carbocycles. The molecule has 1 aliphatic rings. The minimum absolute atomic E-state index is 0.0804. The number of hydrogen-bond acceptors (Lipinski definition) is 3. The highest BCUT2D eigenvalue weighted by Crippen LogP contribution is 2.42. The van der Waals surface area contributed by atoms with Crippen LogP contribution in [0.3, 0.4) is 0 Å². The summed E-state index contributed by atoms with van der Waals surface area (Å²) in [5, 5.41) is 0. The van der Waals surface area contributed by atoms with Gasteiger partial charge in [-0.15, -0.1) is 0 Å². The van der Waals surface area contributed by atoms with Crippen molar-refractivity contribution in [2.75, 3.05) is 0 Å². The van der Waals surface area contributed by atoms with Gasteiger partial charge in [0.25, 0.3) is 0 Å². The zero-order valence-electron chi connectivity index (χ0n) is 12.0. The van der Waals surface area contributed by atoms with Gasteiger partial charge in [0, 0.05) is 6.42 Å². The molecule has 0 aromatic heterocycles. The maximum Gasteiger partial charge on any atom is 0.164 e. The molecular weight excluding hydrogens is 216 g/mol. The van der Waals surface area contributed by atoms with Crippen LogP contribution >= 0.6 is 0 Å². The molecule has 17 heavy (non-hydrogen) atoms. The summed E-state index contributed by atoms with van der Waals surface area (Å²) < 4.78 is 12.0. The van der Waals surface area contributed by atoms with E-state index in [2.05, 4.69) is 20.8 Å². The molecule has 0 radical (unpaired) electrons. The fourth-order valence-corrected chi connectivity index (χ4v) is 2.45. The van der Waals surface area contributed by atoms with E-state index in [0.29, 0.717) is 12.3 Å². The van der Waals surface area contributed by atoms with Crippen LogP contribution in [0, 0.1) is 5.92 Å². The van der Waals surface area contributed by atoms with Gasteiger partial charge in [0.05, 0.1) is 11.7 Å². The summed E-state index contributed by atoms with van der Waals surface area (Å²) in [4.78, 5) is 11.0. The first-order chi connectivity index (χ1) is 7.67. The molecular formula is C14H26O3. The smallest absolute Gasteiger partial charge is 0.164 e. The summed E-state index contributed by atoms with van der Waals surface area (Å²) in [5.41, 5.74) is -0.250. The van der Waals surface area contributed by atoms with Gasteiger partial charge in [0.15, 0.2) is 5.79 Å². The van der Waals surface area contributed by atoms with E-state index in [-0.39, 0.29) is 17.5 Å². The molecule has 0 saturated carbocycles. The lowest BCUT2D eigenvalue weighted by Gasteiger charge is -2.33. The number of ether oxygens (including phenoxy) is 2. The van der Waals surface area contributed by atoms with Crippen LogP contribution in [0.2, 0.25) is 0 Å². The van der Waals surface area contributed by atoms with Crippen LogP contribution in [0.15, 0.2) is 0 Å². The minimum atomic E-state index is -0.514. The Hall–Kier alpha value is -0.410. The molecule has 1 saturated heterocycles. The average Bonchev–Trinajstić information content (AvgIpc) is 2.37. The van der Waals surface area contributed by atoms with Crippen molar-refractivity contribution >= 4 is 5.78 Å². The molecule has 1 fully saturated rings. The van der Waals surface area contributed by atoms with Crippen molar-refractivity contribution in [3.05, 3.63) is 0 Å². The number of hydrogen-bond donors (Lipinski definition) is 0. The van der Waals surface area contributed by atoms with Crippen molar-refractivity contribution in [2.24, 2.45) is 5.92 Å². The topological polar surface area (TPSA) is 35.5 Å². The Morgan fingerprint density at radius 1 is 1.29 bits per heavy atom. The predicted molar refractivity (Wildman–Crippen MR) is 67.8 cm³/mol. The van der Waals surface area contributed by atoms with Gasteiger partial charge in [-0.3, -0.25) is 0 Å². The van der Waals surface area contributed by atoms with Gasteiger partial charge >= 0.3 is 0 Å². The van der Waals surface area contributed by atoms with Crippen molar-refractivity contribution < 1.29 is 14.3 Å². The second kappa shape index (κ2) is 5.07. The molecule has 2 unspecified atom stereocenters. The fraction of sp³-hybridized carbons (Fsp3) is 0.929. The zero-order valence-corrected chi connectivity index (χ0v) is 12.0. The van der Waals surface area contributed by atoms with Gasteiger partial charge in [-0.1, -0.05) is 13.8 Å². The molecule has 100 valence electrons. The average molecular weight is 242 g/mol. The Morgan fingerprint density at radius 3 is 2.35 bits per heavy atom. The first-order valence-electron chi connectivity index (χ1n) is 6.55. The molecule has 0 amide bonds. The fourth-order valence-electron chi connectivity index (χ4n) is 2.45. The molecule has 0 N–H and O–H groups in total. The summed E-state index contributed by atoms with van der Waals surface area (Å²) in [7, 11) is 0. The van der Waals surface area contributed by atoms with Crippen LogP contribution in [-0.2, 0) is 14.3 Å². The van der Waals surface area contributed by atoms with Crippen molar-refractivity contribution in [3.63, 3.8) is 0 Å². The summed E-state index contributed by atoms with van der Waals surface area (Å²) in [6.07, 6.45) is 2.48. The van der Waals surface area contributed by atoms with Gasteiger partial charge in [0.1, 0.15) is 5.78 Å². The molecule has 0 bridgehead atoms. The lowest BCUT2D eigenvalue weighted by molar-refractivity contribution is -0.167. The van der Waals surface area contributed by atoms with Crippen molar-refractivity contribution in [2.45, 2.75) is 78.3 Å². The molecule has 0 aromatic carbocycles. The first kappa shape index (κ1) is 14.7. The van der Waals surface area contributed by atoms with E-state index in [1.54, 1.807) is 6.92 Å². The molecule has 3 heteroatoms. The van der Waals surface area contributed by atoms with Crippen LogP contribution in [0.25, 0.3) is 0 Å². The third kappa shape index (κ3) is 3.52. The third-order valence-electron chi connectivity index (χ3n) is 3.67. The molecule has 1 aliphatic heterocycles. The highest BCUT2D eigenvalue weighted by molar-refractivity contribution is 5.75. The van der Waals surface area contributed by atoms with E-state index in [1.807, 2.05) is 13.8 Å². The standard InChI is InChI=1S/C14H26O3/c1-10(2)14(6)12(9-7-8-11(3)15)16-13(4,5)17-14/h10,12H,7-9H2,1-6H3.